The number of nitrogens with zero attached hydrogens (tertiary/aromatic N) is 2. The van der Waals surface area contributed by atoms with Gasteiger partial charge in [0.05, 0.1) is 19.4 Å². The average Bonchev–Trinajstić information content (AvgIpc) is 2.52. The topological polar surface area (TPSA) is 92.8 Å². The number of nitrogens with one attached hydrogen (secondary N) is 2. The summed E-state index contributed by atoms with van der Waals surface area (Å²) in [6.07, 6.45) is 0.441. The molecule has 0 bridgehead atoms. The van der Waals surface area contributed by atoms with Crippen LogP contribution in [0.3, 0.4) is 0 Å². The van der Waals surface area contributed by atoms with E-state index in [0.717, 1.165) is 6.20 Å². The summed E-state index contributed by atoms with van der Waals surface area (Å²) in [6.45, 7) is 5.90. The number of aromatic nitrogens is 1. The third kappa shape index (κ3) is 5.05. The molecule has 1 fully saturated rings. The van der Waals surface area contributed by atoms with E-state index < -0.39 is 29.5 Å². The molecular weight excluding hydrogens is 319 g/mol. The van der Waals surface area contributed by atoms with E-state index in [1.165, 1.54) is 17.0 Å². The van der Waals surface area contributed by atoms with Crippen LogP contribution in [0.5, 0.6) is 0 Å². The van der Waals surface area contributed by atoms with E-state index in [-0.39, 0.29) is 19.0 Å². The molecule has 2 amide bonds. The molecule has 0 spiro atoms. The van der Waals surface area contributed by atoms with Gasteiger partial charge in [-0.1, -0.05) is 0 Å². The first-order valence-corrected chi connectivity index (χ1v) is 7.51. The van der Waals surface area contributed by atoms with Crippen molar-refractivity contribution in [3.05, 3.63) is 24.1 Å². The van der Waals surface area contributed by atoms with Gasteiger partial charge in [-0.15, -0.1) is 0 Å². The van der Waals surface area contributed by atoms with Crippen molar-refractivity contribution in [1.29, 1.82) is 0 Å². The number of rotatable bonds is 3. The Hall–Kier alpha value is -2.42. The second-order valence-electron chi connectivity index (χ2n) is 6.24. The summed E-state index contributed by atoms with van der Waals surface area (Å²) in [6, 6.07) is 1.75. The predicted molar refractivity (Wildman–Crippen MR) is 83.5 cm³/mol. The van der Waals surface area contributed by atoms with Crippen LogP contribution in [0.15, 0.2) is 18.3 Å². The van der Waals surface area contributed by atoms with Crippen molar-refractivity contribution in [2.24, 2.45) is 0 Å². The van der Waals surface area contributed by atoms with Crippen LogP contribution in [0.1, 0.15) is 20.8 Å². The molecule has 8 nitrogen and oxygen atoms in total. The number of ether oxygens (including phenoxy) is 2. The molecule has 0 unspecified atom stereocenters. The molecule has 0 saturated carbocycles. The van der Waals surface area contributed by atoms with Gasteiger partial charge in [-0.2, -0.15) is 0 Å². The maximum atomic E-state index is 12.8. The Morgan fingerprint density at radius 3 is 2.79 bits per heavy atom. The zero-order valence-electron chi connectivity index (χ0n) is 13.8. The minimum Gasteiger partial charge on any atom is -0.444 e. The summed E-state index contributed by atoms with van der Waals surface area (Å²) in [7, 11) is 0. The average molecular weight is 340 g/mol. The molecule has 1 aromatic heterocycles. The van der Waals surface area contributed by atoms with Crippen molar-refractivity contribution in [2.75, 3.05) is 25.2 Å². The Labute approximate surface area is 139 Å². The number of hydrazine groups is 1. The van der Waals surface area contributed by atoms with E-state index in [2.05, 4.69) is 15.8 Å². The maximum Gasteiger partial charge on any atom is 0.411 e. The number of hydrogen-bond donors (Lipinski definition) is 2. The van der Waals surface area contributed by atoms with Crippen molar-refractivity contribution in [3.63, 3.8) is 0 Å². The maximum absolute atomic E-state index is 12.8. The fraction of sp³-hybridized carbons (Fsp3) is 0.533. The van der Waals surface area contributed by atoms with Crippen LogP contribution in [0.25, 0.3) is 0 Å². The SMILES string of the molecule is CC(C)(C)OC(=O)N1CCOC[C@H]1C(=O)NNc1ccc(F)cn1. The molecule has 1 aliphatic heterocycles. The van der Waals surface area contributed by atoms with E-state index in [1.807, 2.05) is 0 Å². The fourth-order valence-electron chi connectivity index (χ4n) is 2.02. The second-order valence-corrected chi connectivity index (χ2v) is 6.24. The summed E-state index contributed by atoms with van der Waals surface area (Å²) in [4.78, 5) is 29.6. The van der Waals surface area contributed by atoms with Gasteiger partial charge < -0.3 is 9.47 Å². The quantitative estimate of drug-likeness (QED) is 0.806. The summed E-state index contributed by atoms with van der Waals surface area (Å²) >= 11 is 0. The van der Waals surface area contributed by atoms with Crippen LogP contribution < -0.4 is 10.9 Å². The molecule has 9 heteroatoms. The van der Waals surface area contributed by atoms with Crippen molar-refractivity contribution in [1.82, 2.24) is 15.3 Å². The largest absolute Gasteiger partial charge is 0.444 e. The number of morpholine rings is 1. The normalized spacial score (nSPS) is 18.0. The Bertz CT molecular complexity index is 588. The minimum atomic E-state index is -0.832. The van der Waals surface area contributed by atoms with Gasteiger partial charge >= 0.3 is 6.09 Å². The molecule has 1 aromatic rings. The molecule has 132 valence electrons. The highest BCUT2D eigenvalue weighted by Crippen LogP contribution is 2.15. The summed E-state index contributed by atoms with van der Waals surface area (Å²) in [5.74, 6) is -0.694. The molecule has 0 aromatic carbocycles. The van der Waals surface area contributed by atoms with Gasteiger partial charge in [-0.25, -0.2) is 14.2 Å². The molecule has 1 saturated heterocycles. The van der Waals surface area contributed by atoms with Gasteiger partial charge in [0.25, 0.3) is 5.91 Å². The molecule has 1 atom stereocenters. The second kappa shape index (κ2) is 7.43. The van der Waals surface area contributed by atoms with Crippen molar-refractivity contribution < 1.29 is 23.5 Å². The minimum absolute atomic E-state index is 0.0591. The molecule has 24 heavy (non-hydrogen) atoms. The number of halogens is 1. The fourth-order valence-corrected chi connectivity index (χ4v) is 2.02. The van der Waals surface area contributed by atoms with Crippen molar-refractivity contribution in [3.8, 4) is 0 Å². The van der Waals surface area contributed by atoms with E-state index in [4.69, 9.17) is 9.47 Å². The highest BCUT2D eigenvalue weighted by Gasteiger charge is 2.35. The van der Waals surface area contributed by atoms with E-state index >= 15 is 0 Å². The first-order valence-electron chi connectivity index (χ1n) is 7.51. The molecule has 2 heterocycles. The first kappa shape index (κ1) is 17.9. The number of carbonyl (C=O) groups is 2. The van der Waals surface area contributed by atoms with Gasteiger partial charge in [0.15, 0.2) is 0 Å². The lowest BCUT2D eigenvalue weighted by Gasteiger charge is -2.35. The van der Waals surface area contributed by atoms with Crippen LogP contribution in [0.2, 0.25) is 0 Å². The number of hydrogen-bond acceptors (Lipinski definition) is 6. The summed E-state index contributed by atoms with van der Waals surface area (Å²) < 4.78 is 23.4. The number of amides is 2. The first-order chi connectivity index (χ1) is 11.3. The molecule has 2 N–H and O–H groups in total. The van der Waals surface area contributed by atoms with E-state index in [9.17, 15) is 14.0 Å². The van der Waals surface area contributed by atoms with Crippen LogP contribution in [-0.2, 0) is 14.3 Å². The lowest BCUT2D eigenvalue weighted by molar-refractivity contribution is -0.131. The van der Waals surface area contributed by atoms with Crippen molar-refractivity contribution >= 4 is 17.8 Å². The Morgan fingerprint density at radius 1 is 1.42 bits per heavy atom. The molecule has 0 aliphatic carbocycles. The number of carbonyl (C=O) groups excluding carboxylic acids is 2. The van der Waals surface area contributed by atoms with Crippen LogP contribution in [0, 0.1) is 5.82 Å². The zero-order chi connectivity index (χ0) is 17.7. The third-order valence-corrected chi connectivity index (χ3v) is 3.10. The standard InChI is InChI=1S/C15H21FN4O4/c1-15(2,3)24-14(22)20-6-7-23-9-11(20)13(21)19-18-12-5-4-10(16)8-17-12/h4-5,8,11H,6-7,9H2,1-3H3,(H,17,18)(H,19,21)/t11-/m0/s1. The van der Waals surface area contributed by atoms with Gasteiger partial charge in [-0.3, -0.25) is 20.5 Å². The van der Waals surface area contributed by atoms with Gasteiger partial charge in [-0.05, 0) is 32.9 Å². The Balaban J connectivity index is 1.97. The number of pyridine rings is 1. The predicted octanol–water partition coefficient (Wildman–Crippen LogP) is 1.30. The van der Waals surface area contributed by atoms with Crippen LogP contribution in [0.4, 0.5) is 15.0 Å². The molecular formula is C15H21FN4O4. The molecule has 0 radical (unpaired) electrons. The van der Waals surface area contributed by atoms with Gasteiger partial charge in [0.2, 0.25) is 0 Å². The highest BCUT2D eigenvalue weighted by atomic mass is 19.1. The lowest BCUT2D eigenvalue weighted by Crippen LogP contribution is -2.57. The van der Waals surface area contributed by atoms with E-state index in [0.29, 0.717) is 6.61 Å². The monoisotopic (exact) mass is 340 g/mol. The number of anilines is 1. The van der Waals surface area contributed by atoms with Crippen LogP contribution >= 0.6 is 0 Å². The summed E-state index contributed by atoms with van der Waals surface area (Å²) in [5, 5.41) is 0. The lowest BCUT2D eigenvalue weighted by atomic mass is 10.2. The molecule has 1 aliphatic rings. The zero-order valence-corrected chi connectivity index (χ0v) is 13.8. The van der Waals surface area contributed by atoms with Crippen molar-refractivity contribution in [2.45, 2.75) is 32.4 Å². The Kier molecular flexibility index (Phi) is 5.55. The molecule has 2 rings (SSSR count). The highest BCUT2D eigenvalue weighted by molar-refractivity contribution is 5.86. The summed E-state index contributed by atoms with van der Waals surface area (Å²) in [5.41, 5.74) is 4.34. The Morgan fingerprint density at radius 2 is 2.17 bits per heavy atom. The van der Waals surface area contributed by atoms with E-state index in [1.54, 1.807) is 20.8 Å². The van der Waals surface area contributed by atoms with Gasteiger partial charge in [0.1, 0.15) is 23.3 Å². The van der Waals surface area contributed by atoms with Crippen LogP contribution in [-0.4, -0.2) is 53.3 Å². The third-order valence-electron chi connectivity index (χ3n) is 3.10. The van der Waals surface area contributed by atoms with Gasteiger partial charge in [0, 0.05) is 6.54 Å². The smallest absolute Gasteiger partial charge is 0.411 e.